The summed E-state index contributed by atoms with van der Waals surface area (Å²) in [5, 5.41) is 7.01. The van der Waals surface area contributed by atoms with Crippen LogP contribution in [0.4, 0.5) is 5.95 Å². The van der Waals surface area contributed by atoms with E-state index >= 15 is 0 Å². The average Bonchev–Trinajstić information content (AvgIpc) is 3.30. The fourth-order valence-corrected chi connectivity index (χ4v) is 3.76. The van der Waals surface area contributed by atoms with E-state index in [1.807, 2.05) is 60.9 Å². The molecule has 0 aliphatic carbocycles. The van der Waals surface area contributed by atoms with E-state index in [0.717, 1.165) is 33.6 Å². The first-order chi connectivity index (χ1) is 15.0. The van der Waals surface area contributed by atoms with Gasteiger partial charge in [0, 0.05) is 5.56 Å². The minimum Gasteiger partial charge on any atom is -0.493 e. The molecule has 31 heavy (non-hydrogen) atoms. The van der Waals surface area contributed by atoms with E-state index in [9.17, 15) is 0 Å². The smallest absolute Gasteiger partial charge is 0.212 e. The van der Waals surface area contributed by atoms with E-state index in [1.54, 1.807) is 7.11 Å². The fraction of sp³-hybridized carbons (Fsp3) is 0.227. The van der Waals surface area contributed by atoms with Crippen LogP contribution in [-0.4, -0.2) is 27.8 Å². The summed E-state index contributed by atoms with van der Waals surface area (Å²) in [6.45, 7) is 4.10. The maximum Gasteiger partial charge on any atom is 0.212 e. The number of anilines is 1. The van der Waals surface area contributed by atoms with Crippen LogP contribution in [0.2, 0.25) is 0 Å². The average molecular weight is 418 g/mol. The van der Waals surface area contributed by atoms with Gasteiger partial charge < -0.3 is 19.7 Å². The van der Waals surface area contributed by atoms with Gasteiger partial charge in [-0.25, -0.2) is 9.98 Å². The van der Waals surface area contributed by atoms with Crippen molar-refractivity contribution >= 4 is 22.9 Å². The lowest BCUT2D eigenvalue weighted by atomic mass is 10.1. The number of guanidine groups is 1. The highest BCUT2D eigenvalue weighted by atomic mass is 16.5. The first kappa shape index (κ1) is 19.0. The summed E-state index contributed by atoms with van der Waals surface area (Å²) in [5.41, 5.74) is 10.5. The lowest BCUT2D eigenvalue weighted by molar-refractivity contribution is 0.281. The largest absolute Gasteiger partial charge is 0.493 e. The van der Waals surface area contributed by atoms with Crippen LogP contribution in [0.1, 0.15) is 28.7 Å². The zero-order valence-corrected chi connectivity index (χ0v) is 17.4. The van der Waals surface area contributed by atoms with E-state index < -0.39 is 0 Å². The third kappa shape index (κ3) is 3.24. The van der Waals surface area contributed by atoms with Gasteiger partial charge in [-0.1, -0.05) is 23.4 Å². The predicted molar refractivity (Wildman–Crippen MR) is 116 cm³/mol. The lowest BCUT2D eigenvalue weighted by Gasteiger charge is -2.24. The maximum absolute atomic E-state index is 6.04. The van der Waals surface area contributed by atoms with Gasteiger partial charge in [-0.2, -0.15) is 0 Å². The summed E-state index contributed by atoms with van der Waals surface area (Å²) < 4.78 is 18.8. The van der Waals surface area contributed by atoms with Crippen molar-refractivity contribution in [1.82, 2.24) is 14.7 Å². The molecule has 0 saturated carbocycles. The Kier molecular flexibility index (Phi) is 4.50. The highest BCUT2D eigenvalue weighted by Crippen LogP contribution is 2.37. The number of ether oxygens (including phenoxy) is 2. The molecule has 0 unspecified atom stereocenters. The monoisotopic (exact) mass is 418 g/mol. The van der Waals surface area contributed by atoms with Gasteiger partial charge in [0.15, 0.2) is 23.6 Å². The third-order valence-electron chi connectivity index (χ3n) is 5.38. The van der Waals surface area contributed by atoms with Gasteiger partial charge in [0.1, 0.15) is 12.4 Å². The van der Waals surface area contributed by atoms with Gasteiger partial charge in [-0.3, -0.25) is 9.88 Å². The molecule has 4 aromatic rings. The summed E-state index contributed by atoms with van der Waals surface area (Å²) >= 11 is 0. The molecular formula is C22H22N6O3. The van der Waals surface area contributed by atoms with E-state index in [2.05, 4.69) is 20.4 Å². The van der Waals surface area contributed by atoms with Crippen LogP contribution in [0.25, 0.3) is 11.0 Å². The number of nitrogens with zero attached hydrogens (tertiary/aromatic N) is 4. The van der Waals surface area contributed by atoms with Gasteiger partial charge in [-0.15, -0.1) is 0 Å². The van der Waals surface area contributed by atoms with Crippen molar-refractivity contribution in [2.75, 3.05) is 12.4 Å². The summed E-state index contributed by atoms with van der Waals surface area (Å²) in [5.74, 6) is 2.92. The fourth-order valence-electron chi connectivity index (χ4n) is 3.76. The molecule has 1 aliphatic heterocycles. The van der Waals surface area contributed by atoms with Crippen LogP contribution in [-0.2, 0) is 6.61 Å². The Morgan fingerprint density at radius 3 is 2.77 bits per heavy atom. The minimum atomic E-state index is -0.380. The number of hydrogen-bond acceptors (Lipinski definition) is 8. The minimum absolute atomic E-state index is 0.311. The molecule has 1 aliphatic rings. The normalized spacial score (nSPS) is 15.3. The predicted octanol–water partition coefficient (Wildman–Crippen LogP) is 3.52. The number of benzene rings is 2. The van der Waals surface area contributed by atoms with Crippen LogP contribution in [0.15, 0.2) is 52.0 Å². The molecule has 3 N–H and O–H groups in total. The van der Waals surface area contributed by atoms with Gasteiger partial charge in [0.2, 0.25) is 5.95 Å². The number of para-hydroxylation sites is 2. The number of fused-ring (bicyclic) bond motifs is 3. The Bertz CT molecular complexity index is 1290. The van der Waals surface area contributed by atoms with Gasteiger partial charge >= 0.3 is 0 Å². The Morgan fingerprint density at radius 1 is 1.16 bits per heavy atom. The second-order valence-corrected chi connectivity index (χ2v) is 7.31. The van der Waals surface area contributed by atoms with Crippen molar-refractivity contribution in [2.24, 2.45) is 10.7 Å². The quantitative estimate of drug-likeness (QED) is 0.510. The van der Waals surface area contributed by atoms with Crippen molar-refractivity contribution < 1.29 is 14.0 Å². The molecular weight excluding hydrogens is 396 g/mol. The molecule has 3 heterocycles. The molecule has 0 radical (unpaired) electrons. The number of methoxy groups -OCH3 is 1. The van der Waals surface area contributed by atoms with Gasteiger partial charge in [-0.05, 0) is 38.1 Å². The Morgan fingerprint density at radius 2 is 2.00 bits per heavy atom. The van der Waals surface area contributed by atoms with Gasteiger partial charge in [0.05, 0.1) is 29.4 Å². The summed E-state index contributed by atoms with van der Waals surface area (Å²) in [4.78, 5) is 9.25. The van der Waals surface area contributed by atoms with Crippen LogP contribution in [0.3, 0.4) is 0 Å². The highest BCUT2D eigenvalue weighted by molar-refractivity contribution is 5.94. The highest BCUT2D eigenvalue weighted by Gasteiger charge is 2.26. The van der Waals surface area contributed by atoms with Gasteiger partial charge in [0.25, 0.3) is 0 Å². The van der Waals surface area contributed by atoms with Crippen molar-refractivity contribution in [2.45, 2.75) is 26.6 Å². The van der Waals surface area contributed by atoms with Crippen LogP contribution >= 0.6 is 0 Å². The third-order valence-corrected chi connectivity index (χ3v) is 5.38. The number of aromatic nitrogens is 3. The maximum atomic E-state index is 6.04. The summed E-state index contributed by atoms with van der Waals surface area (Å²) in [6, 6.07) is 13.6. The van der Waals surface area contributed by atoms with Crippen LogP contribution in [0.5, 0.6) is 11.5 Å². The van der Waals surface area contributed by atoms with Crippen molar-refractivity contribution in [3.63, 3.8) is 0 Å². The second-order valence-electron chi connectivity index (χ2n) is 7.31. The molecule has 9 heteroatoms. The number of imidazole rings is 1. The first-order valence-electron chi connectivity index (χ1n) is 9.85. The van der Waals surface area contributed by atoms with E-state index in [1.165, 1.54) is 0 Å². The molecule has 1 atom stereocenters. The molecule has 0 fully saturated rings. The molecule has 0 amide bonds. The van der Waals surface area contributed by atoms with Crippen molar-refractivity contribution in [3.8, 4) is 11.5 Å². The van der Waals surface area contributed by atoms with E-state index in [0.29, 0.717) is 30.0 Å². The Labute approximate surface area is 178 Å². The topological polar surface area (TPSA) is 113 Å². The molecule has 0 bridgehead atoms. The molecule has 158 valence electrons. The zero-order chi connectivity index (χ0) is 21.5. The number of aryl methyl sites for hydroxylation is 2. The number of hydrogen-bond donors (Lipinski definition) is 2. The zero-order valence-electron chi connectivity index (χ0n) is 17.4. The van der Waals surface area contributed by atoms with E-state index in [4.69, 9.17) is 19.7 Å². The second kappa shape index (κ2) is 7.35. The lowest BCUT2D eigenvalue weighted by Crippen LogP contribution is -2.31. The Balaban J connectivity index is 1.50. The number of rotatable bonds is 5. The van der Waals surface area contributed by atoms with E-state index in [-0.39, 0.29) is 6.17 Å². The molecule has 2 aromatic carbocycles. The number of aliphatic imine (C=N–C) groups is 1. The van der Waals surface area contributed by atoms with Crippen LogP contribution < -0.4 is 20.5 Å². The Hall–Kier alpha value is -4.01. The number of nitrogens with one attached hydrogen (secondary N) is 1. The molecule has 0 spiro atoms. The summed E-state index contributed by atoms with van der Waals surface area (Å²) in [6.07, 6.45) is -0.380. The number of nitrogens with two attached hydrogens (primary N) is 1. The molecule has 0 saturated heterocycles. The molecule has 2 aromatic heterocycles. The van der Waals surface area contributed by atoms with Crippen molar-refractivity contribution in [1.29, 1.82) is 0 Å². The molecule has 9 nitrogen and oxygen atoms in total. The SMILES string of the molecule is COc1cc([C@@H]2N=C(N)Nc3nc4ccccc4n32)ccc1OCc1c(C)noc1C. The standard InChI is InChI=1S/C22H22N6O3/c1-12-15(13(2)31-27-12)11-30-18-9-8-14(10-19(18)29-3)20-25-21(23)26-22-24-16-6-4-5-7-17(16)28(20)22/h4-10,20H,11H2,1-3H3,(H3,23,24,25,26)/t20-/m1/s1. The summed E-state index contributed by atoms with van der Waals surface area (Å²) in [7, 11) is 1.61. The van der Waals surface area contributed by atoms with Crippen LogP contribution in [0, 0.1) is 13.8 Å². The van der Waals surface area contributed by atoms with Crippen molar-refractivity contribution in [3.05, 3.63) is 65.0 Å². The first-order valence-corrected chi connectivity index (χ1v) is 9.85. The molecule has 5 rings (SSSR count).